The summed E-state index contributed by atoms with van der Waals surface area (Å²) in [5.41, 5.74) is 0. The molecule has 5 heteroatoms. The Morgan fingerprint density at radius 1 is 0.929 bits per heavy atom. The van der Waals surface area contributed by atoms with Crippen molar-refractivity contribution in [2.75, 3.05) is 21.3 Å². The quantitative estimate of drug-likeness (QED) is 0.691. The molecule has 14 heavy (non-hydrogen) atoms. The van der Waals surface area contributed by atoms with Crippen LogP contribution in [0.4, 0.5) is 0 Å². The Morgan fingerprint density at radius 2 is 1.43 bits per heavy atom. The Balaban J connectivity index is 2.76. The monoisotopic (exact) mass is 206 g/mol. The fourth-order valence-corrected chi connectivity index (χ4v) is 1.84. The van der Waals surface area contributed by atoms with Gasteiger partial charge in [-0.3, -0.25) is 0 Å². The first-order chi connectivity index (χ1) is 6.65. The second-order valence-corrected chi connectivity index (χ2v) is 3.33. The van der Waals surface area contributed by atoms with Crippen molar-refractivity contribution >= 4 is 0 Å². The van der Waals surface area contributed by atoms with Crippen LogP contribution < -0.4 is 0 Å². The molecule has 5 nitrogen and oxygen atoms in total. The maximum absolute atomic E-state index is 9.57. The molecule has 1 aliphatic rings. The normalized spacial score (nSPS) is 43.9. The van der Waals surface area contributed by atoms with E-state index in [2.05, 4.69) is 0 Å². The minimum atomic E-state index is -0.966. The number of hydrogen-bond donors (Lipinski definition) is 1. The lowest BCUT2D eigenvalue weighted by Gasteiger charge is -2.41. The van der Waals surface area contributed by atoms with Gasteiger partial charge in [-0.25, -0.2) is 0 Å². The lowest BCUT2D eigenvalue weighted by Crippen LogP contribution is -2.58. The largest absolute Gasteiger partial charge is 0.376 e. The van der Waals surface area contributed by atoms with E-state index in [0.29, 0.717) is 0 Å². The second-order valence-electron chi connectivity index (χ2n) is 3.33. The van der Waals surface area contributed by atoms with E-state index in [9.17, 15) is 5.11 Å². The molecule has 1 aliphatic heterocycles. The molecule has 1 saturated heterocycles. The lowest BCUT2D eigenvalue weighted by molar-refractivity contribution is -0.291. The van der Waals surface area contributed by atoms with Crippen LogP contribution in [0.1, 0.15) is 6.92 Å². The summed E-state index contributed by atoms with van der Waals surface area (Å²) in [6, 6.07) is 0. The van der Waals surface area contributed by atoms with E-state index >= 15 is 0 Å². The number of rotatable bonds is 3. The zero-order valence-corrected chi connectivity index (χ0v) is 8.97. The van der Waals surface area contributed by atoms with Crippen molar-refractivity contribution in [1.82, 2.24) is 0 Å². The van der Waals surface area contributed by atoms with Crippen LogP contribution in [0.2, 0.25) is 0 Å². The van der Waals surface area contributed by atoms with Gasteiger partial charge in [0.15, 0.2) is 6.29 Å². The molecule has 5 atom stereocenters. The summed E-state index contributed by atoms with van der Waals surface area (Å²) in [7, 11) is 4.65. The van der Waals surface area contributed by atoms with Gasteiger partial charge in [0.2, 0.25) is 0 Å². The van der Waals surface area contributed by atoms with Crippen LogP contribution in [0, 0.1) is 0 Å². The molecular formula is C9H18O5. The molecule has 0 bridgehead atoms. The van der Waals surface area contributed by atoms with Crippen LogP contribution >= 0.6 is 0 Å². The number of methoxy groups -OCH3 is 3. The van der Waals surface area contributed by atoms with Crippen LogP contribution in [0.25, 0.3) is 0 Å². The third-order valence-electron chi connectivity index (χ3n) is 2.56. The van der Waals surface area contributed by atoms with Gasteiger partial charge < -0.3 is 24.1 Å². The molecule has 0 spiro atoms. The summed E-state index contributed by atoms with van der Waals surface area (Å²) < 4.78 is 20.9. The fraction of sp³-hybridized carbons (Fsp3) is 1.00. The van der Waals surface area contributed by atoms with Gasteiger partial charge in [0, 0.05) is 21.3 Å². The topological polar surface area (TPSA) is 57.2 Å². The second kappa shape index (κ2) is 5.04. The van der Waals surface area contributed by atoms with Crippen LogP contribution in [-0.2, 0) is 18.9 Å². The van der Waals surface area contributed by atoms with Gasteiger partial charge in [-0.05, 0) is 6.92 Å². The maximum atomic E-state index is 9.57. The zero-order valence-electron chi connectivity index (χ0n) is 8.97. The number of ether oxygens (including phenoxy) is 4. The Labute approximate surface area is 83.9 Å². The van der Waals surface area contributed by atoms with Crippen molar-refractivity contribution in [1.29, 1.82) is 0 Å². The standard InChI is InChI=1S/C9H18O5/c1-5-6(11-2)7(12-3)8(13-4)9(10)14-5/h5-10H,1-4H3/t5-,6-,7+,8+,9?/m1/s1. The lowest BCUT2D eigenvalue weighted by atomic mass is 9.99. The van der Waals surface area contributed by atoms with Gasteiger partial charge in [0.1, 0.15) is 18.3 Å². The smallest absolute Gasteiger partial charge is 0.184 e. The van der Waals surface area contributed by atoms with Gasteiger partial charge in [-0.2, -0.15) is 0 Å². The molecule has 0 aromatic heterocycles. The van der Waals surface area contributed by atoms with Crippen LogP contribution in [0.3, 0.4) is 0 Å². The van der Waals surface area contributed by atoms with Crippen LogP contribution in [-0.4, -0.2) is 57.1 Å². The fourth-order valence-electron chi connectivity index (χ4n) is 1.84. The Morgan fingerprint density at radius 3 is 1.86 bits per heavy atom. The van der Waals surface area contributed by atoms with Gasteiger partial charge in [0.25, 0.3) is 0 Å². The summed E-state index contributed by atoms with van der Waals surface area (Å²) >= 11 is 0. The molecule has 0 aromatic carbocycles. The van der Waals surface area contributed by atoms with Crippen LogP contribution in [0.15, 0.2) is 0 Å². The highest BCUT2D eigenvalue weighted by atomic mass is 16.7. The van der Waals surface area contributed by atoms with Crippen molar-refractivity contribution in [3.8, 4) is 0 Å². The summed E-state index contributed by atoms with van der Waals surface area (Å²) in [4.78, 5) is 0. The zero-order chi connectivity index (χ0) is 10.7. The summed E-state index contributed by atoms with van der Waals surface area (Å²) in [6.45, 7) is 1.83. The highest BCUT2D eigenvalue weighted by molar-refractivity contribution is 4.89. The van der Waals surface area contributed by atoms with E-state index in [-0.39, 0.29) is 18.3 Å². The predicted octanol–water partition coefficient (Wildman–Crippen LogP) is -0.232. The first-order valence-electron chi connectivity index (χ1n) is 4.57. The molecule has 1 fully saturated rings. The van der Waals surface area contributed by atoms with Crippen molar-refractivity contribution in [3.05, 3.63) is 0 Å². The number of aliphatic hydroxyl groups excluding tert-OH is 1. The van der Waals surface area contributed by atoms with Crippen LogP contribution in [0.5, 0.6) is 0 Å². The highest BCUT2D eigenvalue weighted by Gasteiger charge is 2.44. The van der Waals surface area contributed by atoms with E-state index < -0.39 is 12.4 Å². The van der Waals surface area contributed by atoms with Crippen molar-refractivity contribution < 1.29 is 24.1 Å². The predicted molar refractivity (Wildman–Crippen MR) is 48.9 cm³/mol. The van der Waals surface area contributed by atoms with Crippen molar-refractivity contribution in [3.63, 3.8) is 0 Å². The summed E-state index contributed by atoms with van der Waals surface area (Å²) in [5.74, 6) is 0. The molecule has 1 N–H and O–H groups in total. The number of aliphatic hydroxyl groups is 1. The average Bonchev–Trinajstić information content (AvgIpc) is 2.16. The minimum absolute atomic E-state index is 0.216. The molecule has 0 radical (unpaired) electrons. The highest BCUT2D eigenvalue weighted by Crippen LogP contribution is 2.25. The Bertz CT molecular complexity index is 159. The molecule has 0 aromatic rings. The average molecular weight is 206 g/mol. The van der Waals surface area contributed by atoms with E-state index in [0.717, 1.165) is 0 Å². The van der Waals surface area contributed by atoms with E-state index in [1.54, 1.807) is 14.2 Å². The van der Waals surface area contributed by atoms with Crippen molar-refractivity contribution in [2.24, 2.45) is 0 Å². The molecular weight excluding hydrogens is 188 g/mol. The molecule has 1 heterocycles. The van der Waals surface area contributed by atoms with Crippen molar-refractivity contribution in [2.45, 2.75) is 37.6 Å². The van der Waals surface area contributed by atoms with E-state index in [4.69, 9.17) is 18.9 Å². The molecule has 0 aliphatic carbocycles. The molecule has 1 rings (SSSR count). The maximum Gasteiger partial charge on any atom is 0.184 e. The first kappa shape index (κ1) is 11.9. The molecule has 1 unspecified atom stereocenters. The van der Waals surface area contributed by atoms with Gasteiger partial charge in [-0.1, -0.05) is 0 Å². The Kier molecular flexibility index (Phi) is 4.28. The summed E-state index contributed by atoms with van der Waals surface area (Å²) in [5, 5.41) is 9.57. The minimum Gasteiger partial charge on any atom is -0.376 e. The van der Waals surface area contributed by atoms with E-state index in [1.807, 2.05) is 6.92 Å². The molecule has 84 valence electrons. The third kappa shape index (κ3) is 2.07. The molecule has 0 amide bonds. The third-order valence-corrected chi connectivity index (χ3v) is 2.56. The van der Waals surface area contributed by atoms with Gasteiger partial charge in [-0.15, -0.1) is 0 Å². The molecule has 0 saturated carbocycles. The first-order valence-corrected chi connectivity index (χ1v) is 4.57. The summed E-state index contributed by atoms with van der Waals surface area (Å²) in [6.07, 6.45) is -2.24. The Hall–Kier alpha value is -0.200. The van der Waals surface area contributed by atoms with Gasteiger partial charge in [0.05, 0.1) is 6.10 Å². The number of hydrogen-bond acceptors (Lipinski definition) is 5. The SMILES string of the molecule is CO[C@H]1[C@H](OC)[C@@H](C)OC(O)[C@H]1OC. The van der Waals surface area contributed by atoms with E-state index in [1.165, 1.54) is 7.11 Å². The van der Waals surface area contributed by atoms with Gasteiger partial charge >= 0.3 is 0 Å².